The van der Waals surface area contributed by atoms with Crippen molar-refractivity contribution in [3.63, 3.8) is 0 Å². The second-order valence-corrected chi connectivity index (χ2v) is 5.81. The SMILES string of the molecule is CCN(CC)C(=O)C1CSCN1C(=O)c1cccc(F)c1. The maximum atomic E-state index is 13.3. The Morgan fingerprint density at radius 1 is 1.38 bits per heavy atom. The van der Waals surface area contributed by atoms with Gasteiger partial charge in [0, 0.05) is 24.4 Å². The van der Waals surface area contributed by atoms with E-state index < -0.39 is 11.9 Å². The summed E-state index contributed by atoms with van der Waals surface area (Å²) in [7, 11) is 0. The van der Waals surface area contributed by atoms with Gasteiger partial charge in [-0.1, -0.05) is 6.07 Å². The van der Waals surface area contributed by atoms with Crippen LogP contribution in [-0.4, -0.2) is 52.4 Å². The summed E-state index contributed by atoms with van der Waals surface area (Å²) in [5, 5.41) is 0. The third-order valence-electron chi connectivity index (χ3n) is 3.57. The summed E-state index contributed by atoms with van der Waals surface area (Å²) in [6.07, 6.45) is 0. The Morgan fingerprint density at radius 3 is 2.71 bits per heavy atom. The number of rotatable bonds is 4. The van der Waals surface area contributed by atoms with E-state index in [2.05, 4.69) is 0 Å². The molecule has 1 aliphatic rings. The third-order valence-corrected chi connectivity index (χ3v) is 4.59. The molecule has 1 saturated heterocycles. The minimum atomic E-state index is -0.453. The molecule has 1 unspecified atom stereocenters. The monoisotopic (exact) mass is 310 g/mol. The van der Waals surface area contributed by atoms with Crippen LogP contribution >= 0.6 is 11.8 Å². The molecule has 1 atom stereocenters. The predicted molar refractivity (Wildman–Crippen MR) is 81.6 cm³/mol. The Balaban J connectivity index is 2.18. The highest BCUT2D eigenvalue weighted by atomic mass is 32.2. The normalized spacial score (nSPS) is 17.9. The molecular weight excluding hydrogens is 291 g/mol. The topological polar surface area (TPSA) is 40.6 Å². The number of likely N-dealkylation sites (N-methyl/N-ethyl adjacent to an activating group) is 1. The van der Waals surface area contributed by atoms with Crippen molar-refractivity contribution in [3.8, 4) is 0 Å². The Labute approximate surface area is 128 Å². The van der Waals surface area contributed by atoms with Crippen LogP contribution in [0.1, 0.15) is 24.2 Å². The lowest BCUT2D eigenvalue weighted by Gasteiger charge is -2.28. The van der Waals surface area contributed by atoms with Gasteiger partial charge in [-0.15, -0.1) is 11.8 Å². The molecule has 114 valence electrons. The highest BCUT2D eigenvalue weighted by Crippen LogP contribution is 2.24. The standard InChI is InChI=1S/C15H19FN2O2S/c1-3-17(4-2)15(20)13-9-21-10-18(13)14(19)11-6-5-7-12(16)8-11/h5-8,13H,3-4,9-10H2,1-2H3. The molecule has 1 heterocycles. The molecule has 1 aliphatic heterocycles. The maximum Gasteiger partial charge on any atom is 0.255 e. The molecule has 0 spiro atoms. The average molecular weight is 310 g/mol. The van der Waals surface area contributed by atoms with Crippen LogP contribution in [0.3, 0.4) is 0 Å². The molecule has 2 amide bonds. The molecule has 6 heteroatoms. The Kier molecular flexibility index (Phi) is 5.22. The van der Waals surface area contributed by atoms with Crippen molar-refractivity contribution in [1.82, 2.24) is 9.80 Å². The number of amides is 2. The first-order chi connectivity index (χ1) is 10.1. The molecule has 4 nitrogen and oxygen atoms in total. The van der Waals surface area contributed by atoms with E-state index in [4.69, 9.17) is 0 Å². The molecule has 0 bridgehead atoms. The average Bonchev–Trinajstić information content (AvgIpc) is 2.97. The summed E-state index contributed by atoms with van der Waals surface area (Å²) in [5.74, 6) is 0.294. The van der Waals surface area contributed by atoms with Gasteiger partial charge in [0.1, 0.15) is 11.9 Å². The van der Waals surface area contributed by atoms with Gasteiger partial charge >= 0.3 is 0 Å². The van der Waals surface area contributed by atoms with E-state index in [1.165, 1.54) is 18.2 Å². The number of halogens is 1. The van der Waals surface area contributed by atoms with Crippen molar-refractivity contribution >= 4 is 23.6 Å². The van der Waals surface area contributed by atoms with Gasteiger partial charge in [-0.2, -0.15) is 0 Å². The zero-order valence-electron chi connectivity index (χ0n) is 12.2. The summed E-state index contributed by atoms with van der Waals surface area (Å²) in [6.45, 7) is 5.08. The third kappa shape index (κ3) is 3.37. The van der Waals surface area contributed by atoms with E-state index in [9.17, 15) is 14.0 Å². The summed E-state index contributed by atoms with van der Waals surface area (Å²) in [6, 6.07) is 5.14. The molecule has 21 heavy (non-hydrogen) atoms. The van der Waals surface area contributed by atoms with Crippen LogP contribution in [0.4, 0.5) is 4.39 Å². The van der Waals surface area contributed by atoms with Gasteiger partial charge in [0.15, 0.2) is 0 Å². The molecule has 1 aromatic carbocycles. The highest BCUT2D eigenvalue weighted by molar-refractivity contribution is 7.99. The second kappa shape index (κ2) is 6.93. The molecule has 0 aliphatic carbocycles. The number of thioether (sulfide) groups is 1. The lowest BCUT2D eigenvalue weighted by Crippen LogP contribution is -2.48. The fourth-order valence-electron chi connectivity index (χ4n) is 2.38. The fourth-order valence-corrected chi connectivity index (χ4v) is 3.53. The molecule has 0 aromatic heterocycles. The minimum absolute atomic E-state index is 0.0326. The van der Waals surface area contributed by atoms with Gasteiger partial charge in [0.25, 0.3) is 5.91 Å². The molecule has 0 radical (unpaired) electrons. The van der Waals surface area contributed by atoms with Crippen molar-refractivity contribution in [3.05, 3.63) is 35.6 Å². The zero-order chi connectivity index (χ0) is 15.4. The van der Waals surface area contributed by atoms with E-state index >= 15 is 0 Å². The van der Waals surface area contributed by atoms with Gasteiger partial charge in [0.2, 0.25) is 5.91 Å². The van der Waals surface area contributed by atoms with Crippen molar-refractivity contribution in [2.24, 2.45) is 0 Å². The van der Waals surface area contributed by atoms with Crippen molar-refractivity contribution < 1.29 is 14.0 Å². The Morgan fingerprint density at radius 2 is 2.10 bits per heavy atom. The van der Waals surface area contributed by atoms with Crippen molar-refractivity contribution in [2.45, 2.75) is 19.9 Å². The van der Waals surface area contributed by atoms with E-state index in [0.717, 1.165) is 0 Å². The largest absolute Gasteiger partial charge is 0.341 e. The maximum absolute atomic E-state index is 13.3. The number of hydrogen-bond acceptors (Lipinski definition) is 3. The second-order valence-electron chi connectivity index (χ2n) is 4.81. The molecule has 2 rings (SSSR count). The first-order valence-electron chi connectivity index (χ1n) is 7.01. The summed E-state index contributed by atoms with van der Waals surface area (Å²) in [5.41, 5.74) is 0.287. The smallest absolute Gasteiger partial charge is 0.255 e. The Bertz CT molecular complexity index is 534. The van der Waals surface area contributed by atoms with E-state index in [0.29, 0.717) is 24.7 Å². The lowest BCUT2D eigenvalue weighted by molar-refractivity contribution is -0.134. The van der Waals surface area contributed by atoms with Gasteiger partial charge in [-0.25, -0.2) is 4.39 Å². The van der Waals surface area contributed by atoms with Gasteiger partial charge in [-0.3, -0.25) is 9.59 Å². The van der Waals surface area contributed by atoms with Crippen LogP contribution in [0.15, 0.2) is 24.3 Å². The fraction of sp³-hybridized carbons (Fsp3) is 0.467. The van der Waals surface area contributed by atoms with Crippen LogP contribution in [0.25, 0.3) is 0 Å². The van der Waals surface area contributed by atoms with Gasteiger partial charge in [0.05, 0.1) is 5.88 Å². The van der Waals surface area contributed by atoms with E-state index in [1.54, 1.807) is 27.6 Å². The van der Waals surface area contributed by atoms with Crippen LogP contribution in [0, 0.1) is 5.82 Å². The van der Waals surface area contributed by atoms with Crippen LogP contribution in [0.5, 0.6) is 0 Å². The Hall–Kier alpha value is -1.56. The van der Waals surface area contributed by atoms with Crippen LogP contribution in [-0.2, 0) is 4.79 Å². The van der Waals surface area contributed by atoms with Crippen LogP contribution in [0.2, 0.25) is 0 Å². The van der Waals surface area contributed by atoms with E-state index in [-0.39, 0.29) is 17.4 Å². The quantitative estimate of drug-likeness (QED) is 0.856. The van der Waals surface area contributed by atoms with E-state index in [1.807, 2.05) is 13.8 Å². The molecular formula is C15H19FN2O2S. The summed E-state index contributed by atoms with van der Waals surface area (Å²) in [4.78, 5) is 28.2. The molecule has 0 N–H and O–H groups in total. The summed E-state index contributed by atoms with van der Waals surface area (Å²) < 4.78 is 13.3. The highest BCUT2D eigenvalue weighted by Gasteiger charge is 2.36. The number of carbonyl (C=O) groups excluding carboxylic acids is 2. The summed E-state index contributed by atoms with van der Waals surface area (Å²) >= 11 is 1.55. The van der Waals surface area contributed by atoms with Crippen molar-refractivity contribution in [1.29, 1.82) is 0 Å². The number of benzene rings is 1. The zero-order valence-corrected chi connectivity index (χ0v) is 13.0. The number of nitrogens with zero attached hydrogens (tertiary/aromatic N) is 2. The predicted octanol–water partition coefficient (Wildman–Crippen LogP) is 2.21. The van der Waals surface area contributed by atoms with Crippen LogP contribution < -0.4 is 0 Å². The number of carbonyl (C=O) groups is 2. The number of hydrogen-bond donors (Lipinski definition) is 0. The molecule has 1 fully saturated rings. The first kappa shape index (κ1) is 15.8. The molecule has 1 aromatic rings. The minimum Gasteiger partial charge on any atom is -0.341 e. The van der Waals surface area contributed by atoms with Gasteiger partial charge < -0.3 is 9.80 Å². The van der Waals surface area contributed by atoms with Crippen molar-refractivity contribution in [2.75, 3.05) is 24.7 Å². The molecule has 0 saturated carbocycles. The first-order valence-corrected chi connectivity index (χ1v) is 8.17. The lowest BCUT2D eigenvalue weighted by atomic mass is 10.1. The van der Waals surface area contributed by atoms with Gasteiger partial charge in [-0.05, 0) is 32.0 Å².